The summed E-state index contributed by atoms with van der Waals surface area (Å²) in [5.74, 6) is 0. The zero-order valence-electron chi connectivity index (χ0n) is 29.7. The van der Waals surface area contributed by atoms with Crippen LogP contribution in [-0.2, 0) is 19.7 Å². The molecule has 0 aromatic heterocycles. The lowest BCUT2D eigenvalue weighted by Crippen LogP contribution is -2.67. The lowest BCUT2D eigenvalue weighted by molar-refractivity contribution is 0.287. The summed E-state index contributed by atoms with van der Waals surface area (Å²) < 4.78 is 55.0. The SMILES string of the molecule is O=S1(=O)c2ccccc2Sc2cc(N3C4CCCCC4SC4CC5C(CC43)SC3CCCCC3N5c3ccc4c(c3)Sc3ccccc3S4(=O)=O)ccc21. The maximum Gasteiger partial charge on any atom is 0.208 e. The summed E-state index contributed by atoms with van der Waals surface area (Å²) in [6, 6.07) is 28.9. The van der Waals surface area contributed by atoms with Gasteiger partial charge in [0.1, 0.15) is 0 Å². The zero-order valence-corrected chi connectivity index (χ0v) is 34.6. The number of fused-ring (bicyclic) bond motifs is 8. The van der Waals surface area contributed by atoms with Gasteiger partial charge >= 0.3 is 0 Å². The van der Waals surface area contributed by atoms with E-state index in [1.807, 2.05) is 48.5 Å². The number of rotatable bonds is 2. The summed E-state index contributed by atoms with van der Waals surface area (Å²) in [7, 11) is -7.14. The molecule has 3 saturated carbocycles. The minimum Gasteiger partial charge on any atom is -0.363 e. The first-order valence-corrected chi connectivity index (χ1v) is 25.9. The highest BCUT2D eigenvalue weighted by molar-refractivity contribution is 8.03. The Morgan fingerprint density at radius 2 is 0.852 bits per heavy atom. The second-order valence-electron chi connectivity index (χ2n) is 15.9. The third-order valence-corrected chi connectivity index (χ3v) is 23.1. The third kappa shape index (κ3) is 5.42. The average molecular weight is 831 g/mol. The van der Waals surface area contributed by atoms with E-state index < -0.39 is 19.7 Å². The molecule has 0 radical (unpaired) electrons. The predicted molar refractivity (Wildman–Crippen MR) is 222 cm³/mol. The Morgan fingerprint density at radius 3 is 1.31 bits per heavy atom. The van der Waals surface area contributed by atoms with Gasteiger partial charge in [0.15, 0.2) is 0 Å². The molecule has 0 spiro atoms. The van der Waals surface area contributed by atoms with Crippen molar-refractivity contribution >= 4 is 78.1 Å². The van der Waals surface area contributed by atoms with E-state index in [1.165, 1.54) is 62.7 Å². The average Bonchev–Trinajstić information content (AvgIpc) is 3.18. The molecule has 54 heavy (non-hydrogen) atoms. The highest BCUT2D eigenvalue weighted by Crippen LogP contribution is 2.56. The Labute approximate surface area is 335 Å². The molecule has 4 heterocycles. The number of hydrogen-bond acceptors (Lipinski definition) is 10. The third-order valence-electron chi connectivity index (χ3n) is 13.0. The van der Waals surface area contributed by atoms with Crippen molar-refractivity contribution in [2.75, 3.05) is 9.80 Å². The second-order valence-corrected chi connectivity index (χ2v) is 24.8. The van der Waals surface area contributed by atoms with Crippen LogP contribution < -0.4 is 9.80 Å². The van der Waals surface area contributed by atoms with Crippen molar-refractivity contribution in [3.05, 3.63) is 84.9 Å². The van der Waals surface area contributed by atoms with Gasteiger partial charge in [0, 0.05) is 76.1 Å². The van der Waals surface area contributed by atoms with Gasteiger partial charge in [-0.3, -0.25) is 0 Å². The first-order chi connectivity index (χ1) is 26.3. The van der Waals surface area contributed by atoms with E-state index in [4.69, 9.17) is 0 Å². The smallest absolute Gasteiger partial charge is 0.208 e. The molecule has 4 aromatic carbocycles. The predicted octanol–water partition coefficient (Wildman–Crippen LogP) is 9.98. The minimum atomic E-state index is -3.57. The van der Waals surface area contributed by atoms with Crippen LogP contribution in [0.25, 0.3) is 0 Å². The Balaban J connectivity index is 0.965. The van der Waals surface area contributed by atoms with E-state index in [0.717, 1.165) is 32.4 Å². The fourth-order valence-electron chi connectivity index (χ4n) is 10.7. The van der Waals surface area contributed by atoms with Crippen LogP contribution >= 0.6 is 47.0 Å². The highest BCUT2D eigenvalue weighted by Gasteiger charge is 2.54. The topological polar surface area (TPSA) is 74.8 Å². The molecular formula is C42H42N2O4S6. The van der Waals surface area contributed by atoms with Crippen molar-refractivity contribution in [3.63, 3.8) is 0 Å². The standard InChI is InChI=1S/C42H42N2O4S6/c45-53(46)39-15-7-5-13-33(39)51-37-21-25(17-19-41(37)53)43-27-9-1-3-11-31(27)49-35-24-30-36(23-29(35)43)50-32-12-4-2-10-28(32)44(30)26-18-20-42-38(22-26)52-34-14-6-8-16-40(34)54(42,47)48/h5-8,13-22,27-32,35-36H,1-4,9-12,23-24H2. The van der Waals surface area contributed by atoms with Gasteiger partial charge in [-0.15, -0.1) is 0 Å². The molecule has 8 atom stereocenters. The van der Waals surface area contributed by atoms with Crippen molar-refractivity contribution in [2.24, 2.45) is 0 Å². The van der Waals surface area contributed by atoms with Crippen molar-refractivity contribution < 1.29 is 16.8 Å². The van der Waals surface area contributed by atoms with Crippen molar-refractivity contribution in [2.45, 2.75) is 149 Å². The molecule has 12 heteroatoms. The Morgan fingerprint density at radius 1 is 0.444 bits per heavy atom. The molecule has 11 rings (SSSR count). The lowest BCUT2D eigenvalue weighted by atomic mass is 9.82. The van der Waals surface area contributed by atoms with Crippen LogP contribution in [0.4, 0.5) is 11.4 Å². The molecule has 5 fully saturated rings. The molecule has 4 aliphatic heterocycles. The molecule has 0 bridgehead atoms. The number of benzene rings is 4. The number of anilines is 2. The van der Waals surface area contributed by atoms with E-state index >= 15 is 0 Å². The Hall–Kier alpha value is -2.22. The van der Waals surface area contributed by atoms with Crippen molar-refractivity contribution in [3.8, 4) is 0 Å². The van der Waals surface area contributed by atoms with Gasteiger partial charge in [-0.2, -0.15) is 23.5 Å². The number of nitrogens with zero attached hydrogens (tertiary/aromatic N) is 2. The number of sulfone groups is 2. The van der Waals surface area contributed by atoms with Crippen LogP contribution in [0, 0.1) is 0 Å². The van der Waals surface area contributed by atoms with Gasteiger partial charge in [0.05, 0.1) is 19.6 Å². The van der Waals surface area contributed by atoms with Crippen LogP contribution in [-0.4, -0.2) is 62.0 Å². The fraction of sp³-hybridized carbons (Fsp3) is 0.429. The van der Waals surface area contributed by atoms with Crippen molar-refractivity contribution in [1.82, 2.24) is 0 Å². The van der Waals surface area contributed by atoms with E-state index in [1.54, 1.807) is 35.7 Å². The molecule has 0 amide bonds. The Bertz CT molecular complexity index is 2240. The fourth-order valence-corrected chi connectivity index (χ4v) is 21.0. The summed E-state index contributed by atoms with van der Waals surface area (Å²) >= 11 is 7.69. The quantitative estimate of drug-likeness (QED) is 0.168. The molecule has 6 nitrogen and oxygen atoms in total. The first kappa shape index (κ1) is 35.0. The van der Waals surface area contributed by atoms with Gasteiger partial charge in [-0.25, -0.2) is 16.8 Å². The second kappa shape index (κ2) is 13.2. The lowest BCUT2D eigenvalue weighted by Gasteiger charge is -2.61. The van der Waals surface area contributed by atoms with Gasteiger partial charge in [0.2, 0.25) is 19.7 Å². The summed E-state index contributed by atoms with van der Waals surface area (Å²) in [6.45, 7) is 0. The van der Waals surface area contributed by atoms with Gasteiger partial charge < -0.3 is 9.80 Å². The van der Waals surface area contributed by atoms with Crippen LogP contribution in [0.5, 0.6) is 0 Å². The zero-order chi connectivity index (χ0) is 36.3. The van der Waals surface area contributed by atoms with Gasteiger partial charge in [-0.1, -0.05) is 73.5 Å². The number of thioether (sulfide) groups is 2. The van der Waals surface area contributed by atoms with Gasteiger partial charge in [-0.05, 0) is 99.2 Å². The Kier molecular flexibility index (Phi) is 8.53. The van der Waals surface area contributed by atoms with E-state index in [-0.39, 0.29) is 0 Å². The molecule has 0 N–H and O–H groups in total. The van der Waals surface area contributed by atoms with Gasteiger partial charge in [0.25, 0.3) is 0 Å². The normalized spacial score (nSPS) is 32.7. The minimum absolute atomic E-state index is 0.376. The molecular weight excluding hydrogens is 789 g/mol. The van der Waals surface area contributed by atoms with E-state index in [9.17, 15) is 16.8 Å². The maximum atomic E-state index is 13.8. The van der Waals surface area contributed by atoms with Crippen LogP contribution in [0.3, 0.4) is 0 Å². The molecule has 7 aliphatic rings. The van der Waals surface area contributed by atoms with Crippen LogP contribution in [0.1, 0.15) is 64.2 Å². The molecule has 280 valence electrons. The van der Waals surface area contributed by atoms with E-state index in [0.29, 0.717) is 64.7 Å². The van der Waals surface area contributed by atoms with Crippen LogP contribution in [0.15, 0.2) is 124 Å². The molecule has 8 unspecified atom stereocenters. The summed E-state index contributed by atoms with van der Waals surface area (Å²) in [4.78, 5) is 10.6. The molecule has 3 aliphatic carbocycles. The summed E-state index contributed by atoms with van der Waals surface area (Å²) in [6.07, 6.45) is 12.0. The molecule has 4 aromatic rings. The van der Waals surface area contributed by atoms with Crippen molar-refractivity contribution in [1.29, 1.82) is 0 Å². The van der Waals surface area contributed by atoms with Crippen LogP contribution in [0.2, 0.25) is 0 Å². The highest BCUT2D eigenvalue weighted by atomic mass is 32.2. The van der Waals surface area contributed by atoms with E-state index in [2.05, 4.69) is 57.6 Å². The molecule has 2 saturated heterocycles. The number of hydrogen-bond donors (Lipinski definition) is 0. The summed E-state index contributed by atoms with van der Waals surface area (Å²) in [5, 5.41) is 2.03. The summed E-state index contributed by atoms with van der Waals surface area (Å²) in [5.41, 5.74) is 2.37. The first-order valence-electron chi connectivity index (χ1n) is 19.5. The largest absolute Gasteiger partial charge is 0.363 e. The maximum absolute atomic E-state index is 13.8. The monoisotopic (exact) mass is 830 g/mol.